The van der Waals surface area contributed by atoms with Crippen LogP contribution in [0.5, 0.6) is 0 Å². The van der Waals surface area contributed by atoms with Crippen molar-refractivity contribution in [3.63, 3.8) is 0 Å². The predicted molar refractivity (Wildman–Crippen MR) is 89.2 cm³/mol. The van der Waals surface area contributed by atoms with Crippen molar-refractivity contribution in [3.05, 3.63) is 18.2 Å². The Kier molecular flexibility index (Phi) is 4.48. The van der Waals surface area contributed by atoms with Gasteiger partial charge < -0.3 is 20.7 Å². The van der Waals surface area contributed by atoms with Gasteiger partial charge in [0.2, 0.25) is 0 Å². The van der Waals surface area contributed by atoms with Gasteiger partial charge in [-0.15, -0.1) is 0 Å². The number of amides is 1. The predicted octanol–water partition coefficient (Wildman–Crippen LogP) is 1.70. The molecule has 1 saturated heterocycles. The van der Waals surface area contributed by atoms with Gasteiger partial charge in [-0.3, -0.25) is 0 Å². The van der Waals surface area contributed by atoms with Gasteiger partial charge in [-0.25, -0.2) is 13.2 Å². The first-order chi connectivity index (χ1) is 10.5. The lowest BCUT2D eigenvalue weighted by Crippen LogP contribution is -2.57. The topological polar surface area (TPSA) is 102 Å². The third-order valence-corrected chi connectivity index (χ3v) is 4.45. The summed E-state index contributed by atoms with van der Waals surface area (Å²) in [6.45, 7) is 6.50. The van der Waals surface area contributed by atoms with Gasteiger partial charge >= 0.3 is 6.09 Å². The van der Waals surface area contributed by atoms with Crippen LogP contribution in [0.25, 0.3) is 0 Å². The lowest BCUT2D eigenvalue weighted by molar-refractivity contribution is 0.0105. The van der Waals surface area contributed by atoms with Crippen molar-refractivity contribution >= 4 is 27.3 Å². The Morgan fingerprint density at radius 1 is 1.35 bits per heavy atom. The number of hydrogen-bond acceptors (Lipinski definition) is 6. The Morgan fingerprint density at radius 3 is 2.43 bits per heavy atom. The number of anilines is 2. The number of hydrogen-bond donors (Lipinski definition) is 2. The lowest BCUT2D eigenvalue weighted by atomic mass is 10.1. The van der Waals surface area contributed by atoms with Gasteiger partial charge in [0.25, 0.3) is 0 Å². The number of benzene rings is 1. The zero-order valence-electron chi connectivity index (χ0n) is 13.8. The summed E-state index contributed by atoms with van der Waals surface area (Å²) in [5.74, 6) is 0. The molecule has 8 heteroatoms. The van der Waals surface area contributed by atoms with Crippen LogP contribution in [0, 0.1) is 0 Å². The van der Waals surface area contributed by atoms with Crippen LogP contribution >= 0.6 is 0 Å². The van der Waals surface area contributed by atoms with E-state index in [1.807, 2.05) is 20.8 Å². The van der Waals surface area contributed by atoms with E-state index in [0.29, 0.717) is 24.5 Å². The second-order valence-corrected chi connectivity index (χ2v) is 8.76. The minimum absolute atomic E-state index is 0.0638. The van der Waals surface area contributed by atoms with Crippen molar-refractivity contribution in [1.82, 2.24) is 4.90 Å². The van der Waals surface area contributed by atoms with Gasteiger partial charge in [0.1, 0.15) is 5.60 Å². The summed E-state index contributed by atoms with van der Waals surface area (Å²) in [6, 6.07) is 4.65. The van der Waals surface area contributed by atoms with Crippen molar-refractivity contribution in [1.29, 1.82) is 0 Å². The maximum Gasteiger partial charge on any atom is 0.410 e. The van der Waals surface area contributed by atoms with Crippen LogP contribution in [-0.4, -0.2) is 50.4 Å². The maximum absolute atomic E-state index is 11.8. The minimum atomic E-state index is -3.28. The molecule has 1 aliphatic rings. The number of nitrogens with one attached hydrogen (secondary N) is 1. The largest absolute Gasteiger partial charge is 0.444 e. The van der Waals surface area contributed by atoms with Gasteiger partial charge in [0, 0.05) is 19.3 Å². The molecule has 23 heavy (non-hydrogen) atoms. The molecule has 1 aromatic carbocycles. The Labute approximate surface area is 136 Å². The van der Waals surface area contributed by atoms with Crippen molar-refractivity contribution in [2.75, 3.05) is 30.4 Å². The van der Waals surface area contributed by atoms with Gasteiger partial charge in [0.05, 0.1) is 22.3 Å². The molecule has 0 saturated carbocycles. The third kappa shape index (κ3) is 4.51. The van der Waals surface area contributed by atoms with Crippen LogP contribution in [0.4, 0.5) is 16.2 Å². The van der Waals surface area contributed by atoms with E-state index in [2.05, 4.69) is 5.32 Å². The third-order valence-electron chi connectivity index (χ3n) is 3.34. The lowest BCUT2D eigenvalue weighted by Gasteiger charge is -2.40. The van der Waals surface area contributed by atoms with Gasteiger partial charge in [-0.05, 0) is 39.0 Å². The fourth-order valence-electron chi connectivity index (χ4n) is 2.17. The van der Waals surface area contributed by atoms with Crippen LogP contribution in [0.15, 0.2) is 23.1 Å². The minimum Gasteiger partial charge on any atom is -0.444 e. The molecule has 1 fully saturated rings. The molecule has 0 aliphatic carbocycles. The summed E-state index contributed by atoms with van der Waals surface area (Å²) in [5, 5.41) is 3.20. The molecule has 0 spiro atoms. The Morgan fingerprint density at radius 2 is 1.96 bits per heavy atom. The summed E-state index contributed by atoms with van der Waals surface area (Å²) < 4.78 is 28.3. The van der Waals surface area contributed by atoms with Crippen molar-refractivity contribution in [2.24, 2.45) is 0 Å². The van der Waals surface area contributed by atoms with E-state index >= 15 is 0 Å². The number of ether oxygens (including phenoxy) is 1. The SMILES string of the molecule is CC(C)(C)OC(=O)N1CC(Nc2ccc(S(C)(=O)=O)cc2N)C1. The highest BCUT2D eigenvalue weighted by Gasteiger charge is 2.33. The monoisotopic (exact) mass is 341 g/mol. The summed E-state index contributed by atoms with van der Waals surface area (Å²) in [7, 11) is -3.28. The second kappa shape index (κ2) is 5.92. The molecule has 1 aromatic rings. The average molecular weight is 341 g/mol. The first kappa shape index (κ1) is 17.4. The maximum atomic E-state index is 11.8. The zero-order chi connectivity index (χ0) is 17.4. The first-order valence-electron chi connectivity index (χ1n) is 7.30. The normalized spacial score (nSPS) is 15.9. The molecule has 0 radical (unpaired) electrons. The first-order valence-corrected chi connectivity index (χ1v) is 9.19. The highest BCUT2D eigenvalue weighted by Crippen LogP contribution is 2.25. The Bertz CT molecular complexity index is 704. The number of nitrogen functional groups attached to an aromatic ring is 1. The van der Waals surface area contributed by atoms with Crippen molar-refractivity contribution in [2.45, 2.75) is 37.3 Å². The van der Waals surface area contributed by atoms with E-state index in [9.17, 15) is 13.2 Å². The van der Waals surface area contributed by atoms with Crippen LogP contribution in [-0.2, 0) is 14.6 Å². The number of nitrogens with two attached hydrogens (primary N) is 1. The van der Waals surface area contributed by atoms with Crippen molar-refractivity contribution in [3.8, 4) is 0 Å². The van der Waals surface area contributed by atoms with Crippen LogP contribution in [0.3, 0.4) is 0 Å². The summed E-state index contributed by atoms with van der Waals surface area (Å²) in [6.07, 6.45) is 0.801. The van der Waals surface area contributed by atoms with Crippen molar-refractivity contribution < 1.29 is 17.9 Å². The Balaban J connectivity index is 1.92. The molecule has 2 rings (SSSR count). The number of carbonyl (C=O) groups is 1. The highest BCUT2D eigenvalue weighted by molar-refractivity contribution is 7.90. The van der Waals surface area contributed by atoms with Crippen LogP contribution in [0.1, 0.15) is 20.8 Å². The fourth-order valence-corrected chi connectivity index (χ4v) is 2.82. The molecular weight excluding hydrogens is 318 g/mol. The molecule has 0 atom stereocenters. The molecular formula is C15H23N3O4S. The molecule has 0 bridgehead atoms. The van der Waals surface area contributed by atoms with Crippen LogP contribution in [0.2, 0.25) is 0 Å². The molecule has 1 aliphatic heterocycles. The number of carbonyl (C=O) groups excluding carboxylic acids is 1. The highest BCUT2D eigenvalue weighted by atomic mass is 32.2. The molecule has 128 valence electrons. The number of rotatable bonds is 3. The molecule has 3 N–H and O–H groups in total. The number of nitrogens with zero attached hydrogens (tertiary/aromatic N) is 1. The van der Waals surface area contributed by atoms with E-state index in [1.54, 1.807) is 11.0 Å². The molecule has 1 amide bonds. The summed E-state index contributed by atoms with van der Waals surface area (Å²) in [4.78, 5) is 13.6. The van der Waals surface area contributed by atoms with E-state index in [1.165, 1.54) is 12.1 Å². The zero-order valence-corrected chi connectivity index (χ0v) is 14.6. The second-order valence-electron chi connectivity index (χ2n) is 6.75. The standard InChI is InChI=1S/C15H23N3O4S/c1-15(2,3)22-14(19)18-8-10(9-18)17-13-6-5-11(7-12(13)16)23(4,20)21/h5-7,10,17H,8-9,16H2,1-4H3. The average Bonchev–Trinajstić information content (AvgIpc) is 2.30. The molecule has 0 unspecified atom stereocenters. The summed E-state index contributed by atoms with van der Waals surface area (Å²) in [5.41, 5.74) is 6.40. The van der Waals surface area contributed by atoms with Gasteiger partial charge in [-0.2, -0.15) is 0 Å². The fraction of sp³-hybridized carbons (Fsp3) is 0.533. The van der Waals surface area contributed by atoms with E-state index < -0.39 is 15.4 Å². The molecule has 0 aromatic heterocycles. The summed E-state index contributed by atoms with van der Waals surface area (Å²) >= 11 is 0. The van der Waals surface area contributed by atoms with E-state index in [0.717, 1.165) is 6.26 Å². The van der Waals surface area contributed by atoms with Gasteiger partial charge in [0.15, 0.2) is 9.84 Å². The molecule has 7 nitrogen and oxygen atoms in total. The Hall–Kier alpha value is -1.96. The number of sulfone groups is 1. The van der Waals surface area contributed by atoms with Crippen LogP contribution < -0.4 is 11.1 Å². The quantitative estimate of drug-likeness (QED) is 0.812. The molecule has 1 heterocycles. The number of likely N-dealkylation sites (tertiary alicyclic amines) is 1. The smallest absolute Gasteiger partial charge is 0.410 e. The van der Waals surface area contributed by atoms with E-state index in [4.69, 9.17) is 10.5 Å². The van der Waals surface area contributed by atoms with E-state index in [-0.39, 0.29) is 17.0 Å². The van der Waals surface area contributed by atoms with Gasteiger partial charge in [-0.1, -0.05) is 0 Å².